The van der Waals surface area contributed by atoms with Gasteiger partial charge in [0.1, 0.15) is 6.04 Å². The molecule has 0 aliphatic rings. The van der Waals surface area contributed by atoms with Crippen LogP contribution in [0.1, 0.15) is 85.8 Å². The zero-order valence-electron chi connectivity index (χ0n) is 22.4. The van der Waals surface area contributed by atoms with Gasteiger partial charge in [0, 0.05) is 25.8 Å². The predicted molar refractivity (Wildman–Crippen MR) is 134 cm³/mol. The summed E-state index contributed by atoms with van der Waals surface area (Å²) < 4.78 is 13.4. The molecule has 1 N–H and O–H groups in total. The normalized spacial score (nSPS) is 12.9. The number of nitrogens with one attached hydrogen (secondary N) is 1. The van der Waals surface area contributed by atoms with Crippen molar-refractivity contribution in [2.45, 2.75) is 110 Å². The lowest BCUT2D eigenvalue weighted by Gasteiger charge is -2.27. The molecule has 0 bridgehead atoms. The topological polar surface area (TPSA) is 116 Å². The number of carbonyl (C=O) groups is 3. The molecule has 1 aromatic rings. The van der Waals surface area contributed by atoms with Crippen LogP contribution in [0.15, 0.2) is 6.20 Å². The molecule has 0 radical (unpaired) electrons. The van der Waals surface area contributed by atoms with Gasteiger partial charge in [-0.25, -0.2) is 4.68 Å². The largest absolute Gasteiger partial charge is 0.376 e. The fourth-order valence-corrected chi connectivity index (χ4v) is 3.39. The number of carbonyl (C=O) groups excluding carboxylic acids is 3. The first-order chi connectivity index (χ1) is 16.5. The smallest absolute Gasteiger partial charge is 0.243 e. The lowest BCUT2D eigenvalue weighted by atomic mass is 10.1. The summed E-state index contributed by atoms with van der Waals surface area (Å²) >= 11 is 0. The van der Waals surface area contributed by atoms with Crippen LogP contribution in [0.2, 0.25) is 0 Å². The van der Waals surface area contributed by atoms with E-state index in [1.807, 2.05) is 34.6 Å². The molecule has 35 heavy (non-hydrogen) atoms. The highest BCUT2D eigenvalue weighted by molar-refractivity contribution is 5.87. The van der Waals surface area contributed by atoms with Crippen molar-refractivity contribution in [1.29, 1.82) is 0 Å². The monoisotopic (exact) mass is 495 g/mol. The fourth-order valence-electron chi connectivity index (χ4n) is 3.39. The molecule has 200 valence electrons. The van der Waals surface area contributed by atoms with Crippen molar-refractivity contribution in [3.8, 4) is 0 Å². The maximum absolute atomic E-state index is 12.7. The second-order valence-corrected chi connectivity index (χ2v) is 10.4. The van der Waals surface area contributed by atoms with Crippen LogP contribution in [0, 0.1) is 0 Å². The van der Waals surface area contributed by atoms with Crippen molar-refractivity contribution in [3.63, 3.8) is 0 Å². The third kappa shape index (κ3) is 13.4. The number of ether oxygens (including phenoxy) is 2. The summed E-state index contributed by atoms with van der Waals surface area (Å²) in [7, 11) is 0. The molecular weight excluding hydrogens is 450 g/mol. The Morgan fingerprint density at radius 2 is 1.77 bits per heavy atom. The van der Waals surface area contributed by atoms with Crippen LogP contribution in [0.5, 0.6) is 0 Å². The molecule has 0 fully saturated rings. The van der Waals surface area contributed by atoms with E-state index in [1.54, 1.807) is 10.9 Å². The Balaban J connectivity index is 2.57. The molecule has 1 rings (SSSR count). The van der Waals surface area contributed by atoms with Gasteiger partial charge in [-0.15, -0.1) is 5.10 Å². The van der Waals surface area contributed by atoms with Crippen LogP contribution in [-0.2, 0) is 36.8 Å². The summed E-state index contributed by atoms with van der Waals surface area (Å²) in [6.07, 6.45) is 8.62. The Bertz CT molecular complexity index is 752. The minimum absolute atomic E-state index is 0.0929. The highest BCUT2D eigenvalue weighted by Gasteiger charge is 2.26. The number of imide groups is 1. The molecule has 1 unspecified atom stereocenters. The van der Waals surface area contributed by atoms with E-state index in [-0.39, 0.29) is 23.5 Å². The van der Waals surface area contributed by atoms with E-state index in [2.05, 4.69) is 22.6 Å². The highest BCUT2D eigenvalue weighted by Crippen LogP contribution is 2.17. The molecule has 1 aromatic heterocycles. The maximum Gasteiger partial charge on any atom is 0.243 e. The number of hydrogen-bond acceptors (Lipinski definition) is 7. The summed E-state index contributed by atoms with van der Waals surface area (Å²) in [6.45, 7) is 14.3. The van der Waals surface area contributed by atoms with Crippen LogP contribution in [-0.4, -0.2) is 75.6 Å². The Kier molecular flexibility index (Phi) is 13.7. The number of hydrogen-bond donors (Lipinski definition) is 1. The zero-order chi connectivity index (χ0) is 26.3. The molecule has 10 nitrogen and oxygen atoms in total. The zero-order valence-corrected chi connectivity index (χ0v) is 22.4. The Hall–Kier alpha value is -2.33. The van der Waals surface area contributed by atoms with Crippen LogP contribution in [0.25, 0.3) is 0 Å². The van der Waals surface area contributed by atoms with Crippen LogP contribution in [0.4, 0.5) is 0 Å². The predicted octanol–water partition coefficient (Wildman–Crippen LogP) is 2.89. The van der Waals surface area contributed by atoms with E-state index in [0.29, 0.717) is 44.8 Å². The van der Waals surface area contributed by atoms with Crippen LogP contribution in [0.3, 0.4) is 0 Å². The highest BCUT2D eigenvalue weighted by atomic mass is 16.5. The molecule has 0 aliphatic carbocycles. The van der Waals surface area contributed by atoms with Crippen molar-refractivity contribution in [2.75, 3.05) is 19.8 Å². The van der Waals surface area contributed by atoms with E-state index in [1.165, 1.54) is 6.42 Å². The fraction of sp³-hybridized carbons (Fsp3) is 0.800. The number of rotatable bonds is 19. The minimum Gasteiger partial charge on any atom is -0.376 e. The second kappa shape index (κ2) is 15.6. The molecule has 0 saturated carbocycles. The van der Waals surface area contributed by atoms with Gasteiger partial charge in [-0.3, -0.25) is 19.3 Å². The third-order valence-electron chi connectivity index (χ3n) is 5.53. The molecule has 1 atom stereocenters. The molecule has 10 heteroatoms. The van der Waals surface area contributed by atoms with Crippen molar-refractivity contribution in [3.05, 3.63) is 11.9 Å². The second-order valence-electron chi connectivity index (χ2n) is 10.4. The van der Waals surface area contributed by atoms with Gasteiger partial charge in [-0.2, -0.15) is 0 Å². The summed E-state index contributed by atoms with van der Waals surface area (Å²) in [5, 5.41) is 11.0. The summed E-state index contributed by atoms with van der Waals surface area (Å²) in [6, 6.07) is -0.969. The van der Waals surface area contributed by atoms with Crippen molar-refractivity contribution < 1.29 is 23.9 Å². The SMILES string of the molecule is CCCCCCCNC(=O)C(Cc1cn(CCOC(C)(C)CCOC(C)(C)C)nn1)N(C=O)C=O. The number of unbranched alkanes of at least 4 members (excludes halogenated alkanes) is 4. The van der Waals surface area contributed by atoms with Gasteiger partial charge in [0.05, 0.1) is 30.0 Å². The van der Waals surface area contributed by atoms with Crippen molar-refractivity contribution in [1.82, 2.24) is 25.2 Å². The molecule has 0 aromatic carbocycles. The molecule has 0 spiro atoms. The van der Waals surface area contributed by atoms with E-state index >= 15 is 0 Å². The summed E-state index contributed by atoms with van der Waals surface area (Å²) in [4.78, 5) is 36.2. The van der Waals surface area contributed by atoms with Gasteiger partial charge in [0.25, 0.3) is 0 Å². The lowest BCUT2D eigenvalue weighted by Crippen LogP contribution is -2.47. The van der Waals surface area contributed by atoms with Crippen LogP contribution < -0.4 is 5.32 Å². The van der Waals surface area contributed by atoms with Gasteiger partial charge in [0.15, 0.2) is 0 Å². The van der Waals surface area contributed by atoms with Gasteiger partial charge in [-0.05, 0) is 47.5 Å². The first-order valence-electron chi connectivity index (χ1n) is 12.6. The standard InChI is InChI=1S/C25H45N5O5/c1-7-8-9-10-11-13-26-23(33)22(29(19-31)20-32)17-21-18-30(28-27-21)14-16-35-25(5,6)12-15-34-24(2,3)4/h18-20,22H,7-17H2,1-6H3,(H,26,33). The Labute approximate surface area is 210 Å². The lowest BCUT2D eigenvalue weighted by molar-refractivity contribution is -0.139. The summed E-state index contributed by atoms with van der Waals surface area (Å²) in [5.41, 5.74) is -0.0116. The van der Waals surface area contributed by atoms with E-state index in [0.717, 1.165) is 37.0 Å². The quantitative estimate of drug-likeness (QED) is 0.232. The number of amides is 3. The van der Waals surface area contributed by atoms with Gasteiger partial charge in [0.2, 0.25) is 18.7 Å². The van der Waals surface area contributed by atoms with Gasteiger partial charge < -0.3 is 14.8 Å². The van der Waals surface area contributed by atoms with Gasteiger partial charge in [-0.1, -0.05) is 37.8 Å². The third-order valence-corrected chi connectivity index (χ3v) is 5.53. The maximum atomic E-state index is 12.7. The van der Waals surface area contributed by atoms with E-state index in [4.69, 9.17) is 9.47 Å². The average molecular weight is 496 g/mol. The van der Waals surface area contributed by atoms with Crippen molar-refractivity contribution in [2.24, 2.45) is 0 Å². The van der Waals surface area contributed by atoms with Crippen molar-refractivity contribution >= 4 is 18.7 Å². The molecular formula is C25H45N5O5. The Morgan fingerprint density at radius 1 is 1.09 bits per heavy atom. The van der Waals surface area contributed by atoms with Gasteiger partial charge >= 0.3 is 0 Å². The van der Waals surface area contributed by atoms with E-state index < -0.39 is 6.04 Å². The number of aromatic nitrogens is 3. The molecule has 1 heterocycles. The molecule has 0 aliphatic heterocycles. The number of nitrogens with zero attached hydrogens (tertiary/aromatic N) is 4. The van der Waals surface area contributed by atoms with Crippen LogP contribution >= 0.6 is 0 Å². The van der Waals surface area contributed by atoms with E-state index in [9.17, 15) is 14.4 Å². The minimum atomic E-state index is -0.969. The Morgan fingerprint density at radius 3 is 2.40 bits per heavy atom. The molecule has 3 amide bonds. The average Bonchev–Trinajstić information content (AvgIpc) is 3.22. The first-order valence-corrected chi connectivity index (χ1v) is 12.6. The molecule has 0 saturated heterocycles. The summed E-state index contributed by atoms with van der Waals surface area (Å²) in [5.74, 6) is -0.378. The first kappa shape index (κ1) is 30.7.